The number of hydrogen-bond donors (Lipinski definition) is 0. The van der Waals surface area contributed by atoms with Gasteiger partial charge in [0.05, 0.1) is 0 Å². The van der Waals surface area contributed by atoms with Crippen molar-refractivity contribution in [2.24, 2.45) is 0 Å². The molecule has 3 aromatic carbocycles. The number of nitrogens with zero attached hydrogens (tertiary/aromatic N) is 3. The quantitative estimate of drug-likeness (QED) is 0.428. The Morgan fingerprint density at radius 3 is 2.14 bits per heavy atom. The van der Waals surface area contributed by atoms with Crippen LogP contribution in [0.25, 0.3) is 0 Å². The van der Waals surface area contributed by atoms with Crippen LogP contribution in [0.1, 0.15) is 42.9 Å². The lowest BCUT2D eigenvalue weighted by Crippen LogP contribution is -2.48. The smallest absolute Gasteiger partial charge is 0.227 e. The fourth-order valence-electron chi connectivity index (χ4n) is 5.77. The zero-order valence-electron chi connectivity index (χ0n) is 21.8. The topological polar surface area (TPSA) is 43.9 Å². The molecule has 0 aliphatic carbocycles. The van der Waals surface area contributed by atoms with Gasteiger partial charge in [-0.15, -0.1) is 0 Å². The average Bonchev–Trinajstić information content (AvgIpc) is 3.37. The molecule has 0 aromatic heterocycles. The molecule has 1 fully saturated rings. The predicted octanol–water partition coefficient (Wildman–Crippen LogP) is 5.27. The van der Waals surface area contributed by atoms with Crippen molar-refractivity contribution in [3.05, 3.63) is 95.6 Å². The molecule has 2 aliphatic rings. The van der Waals surface area contributed by atoms with Crippen molar-refractivity contribution >= 4 is 23.2 Å². The van der Waals surface area contributed by atoms with Gasteiger partial charge in [0.15, 0.2) is 0 Å². The highest BCUT2D eigenvalue weighted by Crippen LogP contribution is 2.34. The maximum atomic E-state index is 13.7. The molecule has 2 amide bonds. The first-order valence-corrected chi connectivity index (χ1v) is 13.6. The van der Waals surface area contributed by atoms with Crippen LogP contribution >= 0.6 is 0 Å². The zero-order chi connectivity index (χ0) is 25.6. The van der Waals surface area contributed by atoms with Gasteiger partial charge in [0.2, 0.25) is 11.8 Å². The van der Waals surface area contributed by atoms with Crippen LogP contribution in [0.2, 0.25) is 0 Å². The Balaban J connectivity index is 1.29. The van der Waals surface area contributed by atoms with E-state index < -0.39 is 0 Å². The second-order valence-electron chi connectivity index (χ2n) is 10.3. The van der Waals surface area contributed by atoms with Gasteiger partial charge in [-0.1, -0.05) is 60.7 Å². The summed E-state index contributed by atoms with van der Waals surface area (Å²) in [5.41, 5.74) is 5.69. The van der Waals surface area contributed by atoms with Gasteiger partial charge in [0.1, 0.15) is 0 Å². The molecule has 0 radical (unpaired) electrons. The lowest BCUT2D eigenvalue weighted by molar-refractivity contribution is -0.119. The fraction of sp³-hybridized carbons (Fsp3) is 0.375. The molecule has 5 heteroatoms. The maximum absolute atomic E-state index is 13.7. The Kier molecular flexibility index (Phi) is 8.00. The third-order valence-electron chi connectivity index (χ3n) is 7.84. The summed E-state index contributed by atoms with van der Waals surface area (Å²) < 4.78 is 0. The molecule has 0 N–H and O–H groups in total. The molecule has 2 heterocycles. The fourth-order valence-corrected chi connectivity index (χ4v) is 5.77. The number of benzene rings is 3. The Morgan fingerprint density at radius 1 is 0.838 bits per heavy atom. The monoisotopic (exact) mass is 495 g/mol. The van der Waals surface area contributed by atoms with Gasteiger partial charge < -0.3 is 14.7 Å². The molecule has 5 nitrogen and oxygen atoms in total. The molecule has 0 saturated carbocycles. The Hall–Kier alpha value is -3.44. The first-order chi connectivity index (χ1) is 18.1. The summed E-state index contributed by atoms with van der Waals surface area (Å²) in [5, 5.41) is 0. The van der Waals surface area contributed by atoms with Gasteiger partial charge in [-0.25, -0.2) is 0 Å². The summed E-state index contributed by atoms with van der Waals surface area (Å²) >= 11 is 0. The molecule has 192 valence electrons. The largest absolute Gasteiger partial charge is 0.312 e. The van der Waals surface area contributed by atoms with Crippen LogP contribution < -0.4 is 9.80 Å². The van der Waals surface area contributed by atoms with E-state index in [1.807, 2.05) is 35.2 Å². The Morgan fingerprint density at radius 2 is 1.49 bits per heavy atom. The van der Waals surface area contributed by atoms with Crippen molar-refractivity contribution in [2.45, 2.75) is 51.5 Å². The van der Waals surface area contributed by atoms with Crippen molar-refractivity contribution < 1.29 is 9.59 Å². The second-order valence-corrected chi connectivity index (χ2v) is 10.3. The highest BCUT2D eigenvalue weighted by molar-refractivity contribution is 5.97. The van der Waals surface area contributed by atoms with Crippen LogP contribution in [-0.2, 0) is 28.9 Å². The van der Waals surface area contributed by atoms with E-state index in [0.717, 1.165) is 75.2 Å². The molecule has 37 heavy (non-hydrogen) atoms. The van der Waals surface area contributed by atoms with Gasteiger partial charge >= 0.3 is 0 Å². The van der Waals surface area contributed by atoms with Crippen LogP contribution in [0.4, 0.5) is 11.4 Å². The van der Waals surface area contributed by atoms with Crippen molar-refractivity contribution in [3.8, 4) is 0 Å². The third-order valence-corrected chi connectivity index (χ3v) is 7.84. The third kappa shape index (κ3) is 6.11. The molecule has 0 unspecified atom stereocenters. The number of hydrogen-bond acceptors (Lipinski definition) is 3. The molecule has 0 bridgehead atoms. The number of likely N-dealkylation sites (tertiary alicyclic amines) is 1. The first-order valence-electron chi connectivity index (χ1n) is 13.6. The average molecular weight is 496 g/mol. The number of anilines is 2. The lowest BCUT2D eigenvalue weighted by atomic mass is 9.99. The molecule has 0 spiro atoms. The highest BCUT2D eigenvalue weighted by Gasteiger charge is 2.30. The summed E-state index contributed by atoms with van der Waals surface area (Å²) in [6.07, 6.45) is 5.09. The standard InChI is InChI=1S/C32H37N3O2/c1-25(36)34-23-17-28-24-30(13-14-31(28)34)35(32(37)15-12-26-8-4-2-5-9-26)29-18-21-33(22-19-29)20-16-27-10-6-3-7-11-27/h2-11,13-14,24,29H,12,15-23H2,1H3. The molecular formula is C32H37N3O2. The summed E-state index contributed by atoms with van der Waals surface area (Å²) in [6, 6.07) is 27.3. The van der Waals surface area contributed by atoms with Crippen molar-refractivity contribution in [1.82, 2.24) is 4.90 Å². The number of fused-ring (bicyclic) bond motifs is 1. The van der Waals surface area contributed by atoms with Gasteiger partial charge in [0.25, 0.3) is 0 Å². The summed E-state index contributed by atoms with van der Waals surface area (Å²) in [4.78, 5) is 32.2. The van der Waals surface area contributed by atoms with E-state index in [1.54, 1.807) is 6.92 Å². The number of aryl methyl sites for hydroxylation is 1. The second kappa shape index (κ2) is 11.7. The van der Waals surface area contributed by atoms with Crippen LogP contribution in [0, 0.1) is 0 Å². The van der Waals surface area contributed by atoms with Crippen LogP contribution in [0.15, 0.2) is 78.9 Å². The highest BCUT2D eigenvalue weighted by atomic mass is 16.2. The first kappa shape index (κ1) is 25.2. The van der Waals surface area contributed by atoms with E-state index in [1.165, 1.54) is 11.1 Å². The minimum atomic E-state index is 0.0742. The van der Waals surface area contributed by atoms with Crippen molar-refractivity contribution in [3.63, 3.8) is 0 Å². The van der Waals surface area contributed by atoms with Gasteiger partial charge in [-0.05, 0) is 67.0 Å². The van der Waals surface area contributed by atoms with Gasteiger partial charge in [-0.2, -0.15) is 0 Å². The number of amides is 2. The predicted molar refractivity (Wildman–Crippen MR) is 150 cm³/mol. The van der Waals surface area contributed by atoms with E-state index in [0.29, 0.717) is 6.42 Å². The number of carbonyl (C=O) groups is 2. The Bertz CT molecular complexity index is 1200. The van der Waals surface area contributed by atoms with E-state index in [-0.39, 0.29) is 17.9 Å². The normalized spacial score (nSPS) is 16.0. The molecule has 2 aliphatic heterocycles. The minimum absolute atomic E-state index is 0.0742. The molecule has 0 atom stereocenters. The summed E-state index contributed by atoms with van der Waals surface area (Å²) in [6.45, 7) is 5.40. The molecule has 5 rings (SSSR count). The van der Waals surface area contributed by atoms with E-state index in [4.69, 9.17) is 0 Å². The van der Waals surface area contributed by atoms with Crippen molar-refractivity contribution in [2.75, 3.05) is 36.0 Å². The minimum Gasteiger partial charge on any atom is -0.312 e. The SMILES string of the molecule is CC(=O)N1CCc2cc(N(C(=O)CCc3ccccc3)C3CCN(CCc4ccccc4)CC3)ccc21. The van der Waals surface area contributed by atoms with E-state index in [9.17, 15) is 9.59 Å². The summed E-state index contributed by atoms with van der Waals surface area (Å²) in [5.74, 6) is 0.262. The van der Waals surface area contributed by atoms with E-state index in [2.05, 4.69) is 58.3 Å². The van der Waals surface area contributed by atoms with Crippen molar-refractivity contribution in [1.29, 1.82) is 0 Å². The number of piperidine rings is 1. The Labute approximate surface area is 220 Å². The van der Waals surface area contributed by atoms with Gasteiger partial charge in [0, 0.05) is 56.9 Å². The summed E-state index contributed by atoms with van der Waals surface area (Å²) in [7, 11) is 0. The number of carbonyl (C=O) groups excluding carboxylic acids is 2. The zero-order valence-corrected chi connectivity index (χ0v) is 21.8. The molecule has 1 saturated heterocycles. The van der Waals surface area contributed by atoms with Crippen LogP contribution in [0.3, 0.4) is 0 Å². The van der Waals surface area contributed by atoms with Crippen LogP contribution in [-0.4, -0.2) is 48.9 Å². The van der Waals surface area contributed by atoms with Gasteiger partial charge in [-0.3, -0.25) is 9.59 Å². The molecular weight excluding hydrogens is 458 g/mol. The maximum Gasteiger partial charge on any atom is 0.227 e. The lowest BCUT2D eigenvalue weighted by Gasteiger charge is -2.39. The van der Waals surface area contributed by atoms with Crippen LogP contribution in [0.5, 0.6) is 0 Å². The molecule has 3 aromatic rings. The number of rotatable bonds is 8. The van der Waals surface area contributed by atoms with E-state index >= 15 is 0 Å².